The lowest BCUT2D eigenvalue weighted by Crippen LogP contribution is -2.40. The lowest BCUT2D eigenvalue weighted by atomic mass is 9.94. The predicted molar refractivity (Wildman–Crippen MR) is 258 cm³/mol. The molecule has 4 aliphatic rings. The average Bonchev–Trinajstić information content (AvgIpc) is 3.33. The third-order valence-electron chi connectivity index (χ3n) is 12.1. The molecule has 0 saturated carbocycles. The zero-order chi connectivity index (χ0) is 41.8. The number of anilines is 10. The fourth-order valence-electron chi connectivity index (χ4n) is 9.33. The zero-order valence-electron chi connectivity index (χ0n) is 33.3. The van der Waals surface area contributed by atoms with Crippen molar-refractivity contribution in [3.63, 3.8) is 0 Å². The van der Waals surface area contributed by atoms with Gasteiger partial charge in [0.1, 0.15) is 0 Å². The Balaban J connectivity index is 0.923. The summed E-state index contributed by atoms with van der Waals surface area (Å²) in [6.45, 7) is 0. The second kappa shape index (κ2) is 14.2. The van der Waals surface area contributed by atoms with E-state index < -0.39 is 0 Å². The Morgan fingerprint density at radius 1 is 0.286 bits per heavy atom. The van der Waals surface area contributed by atoms with E-state index in [1.807, 2.05) is 66.4 Å². The molecule has 13 rings (SSSR count). The van der Waals surface area contributed by atoms with Crippen LogP contribution in [0.4, 0.5) is 56.9 Å². The van der Waals surface area contributed by atoms with Crippen LogP contribution in [0.1, 0.15) is 20.7 Å². The van der Waals surface area contributed by atoms with Crippen LogP contribution in [-0.2, 0) is 0 Å². The molecule has 0 N–H and O–H groups in total. The van der Waals surface area contributed by atoms with Crippen LogP contribution in [0.5, 0.6) is 0 Å². The number of carbonyl (C=O) groups is 2. The number of nitrogens with zero attached hydrogens (tertiary/aromatic N) is 4. The monoisotopic (exact) mass is 864 g/mol. The summed E-state index contributed by atoms with van der Waals surface area (Å²) >= 11 is 5.26. The molecule has 2 amide bonds. The molecule has 0 aromatic heterocycles. The molecule has 9 heteroatoms. The van der Waals surface area contributed by atoms with E-state index in [1.165, 1.54) is 26.1 Å². The Kier molecular flexibility index (Phi) is 8.21. The Morgan fingerprint density at radius 2 is 0.651 bits per heavy atom. The smallest absolute Gasteiger partial charge is 0.265 e. The highest BCUT2D eigenvalue weighted by Crippen LogP contribution is 2.58. The number of rotatable bonds is 4. The third-order valence-corrected chi connectivity index (χ3v) is 15.4. The van der Waals surface area contributed by atoms with Gasteiger partial charge in [-0.3, -0.25) is 9.59 Å². The average molecular weight is 865 g/mol. The normalized spacial score (nSPS) is 14.4. The summed E-state index contributed by atoms with van der Waals surface area (Å²) in [4.78, 5) is 43.4. The minimum atomic E-state index is -0.312. The van der Waals surface area contributed by atoms with Crippen molar-refractivity contribution in [2.75, 3.05) is 19.6 Å². The molecule has 4 heterocycles. The van der Waals surface area contributed by atoms with E-state index in [4.69, 9.17) is 0 Å². The lowest BCUT2D eigenvalue weighted by Gasteiger charge is -2.37. The molecule has 0 unspecified atom stereocenters. The Morgan fingerprint density at radius 3 is 1.13 bits per heavy atom. The van der Waals surface area contributed by atoms with Crippen molar-refractivity contribution in [2.45, 2.75) is 29.4 Å². The van der Waals surface area contributed by atoms with Gasteiger partial charge in [0, 0.05) is 62.9 Å². The van der Waals surface area contributed by atoms with Crippen molar-refractivity contribution in [3.05, 3.63) is 205 Å². The van der Waals surface area contributed by atoms with Gasteiger partial charge in [0.2, 0.25) is 0 Å². The van der Waals surface area contributed by atoms with Crippen molar-refractivity contribution >= 4 is 115 Å². The van der Waals surface area contributed by atoms with Crippen molar-refractivity contribution < 1.29 is 9.59 Å². The van der Waals surface area contributed by atoms with Gasteiger partial charge in [0.15, 0.2) is 0 Å². The van der Waals surface area contributed by atoms with Crippen LogP contribution in [-0.4, -0.2) is 11.8 Å². The number of amides is 2. The molecule has 9 aromatic carbocycles. The molecule has 9 aromatic rings. The topological polar surface area (TPSA) is 47.1 Å². The molecule has 0 aliphatic carbocycles. The molecule has 0 atom stereocenters. The summed E-state index contributed by atoms with van der Waals surface area (Å²) in [6, 6.07) is 67.1. The molecule has 0 bridgehead atoms. The molecule has 4 aliphatic heterocycles. The van der Waals surface area contributed by atoms with Crippen molar-refractivity contribution in [2.24, 2.45) is 0 Å². The second-order valence-corrected chi connectivity index (χ2v) is 18.9. The molecular weight excluding hydrogens is 833 g/mol. The SMILES string of the molecule is O=C1c2cccc3cccc(c23)C(=O)N1c1ccc2c(c1)Sc1ccccc1N2c1ccc2c(c1)Sc1cc(N3c4ccccc4Sc4ccccc43)ccc1N2c1ccccc1. The maximum Gasteiger partial charge on any atom is 0.265 e. The van der Waals surface area contributed by atoms with Gasteiger partial charge in [-0.2, -0.15) is 0 Å². The summed E-state index contributed by atoms with van der Waals surface area (Å²) < 4.78 is 0. The van der Waals surface area contributed by atoms with E-state index in [0.717, 1.165) is 70.2 Å². The molecule has 63 heavy (non-hydrogen) atoms. The Hall–Kier alpha value is -7.17. The number of imide groups is 1. The highest BCUT2D eigenvalue weighted by Gasteiger charge is 2.36. The number of carbonyl (C=O) groups excluding carboxylic acids is 2. The molecular formula is C54H32N4O2S3. The van der Waals surface area contributed by atoms with Crippen LogP contribution in [0.25, 0.3) is 10.8 Å². The summed E-state index contributed by atoms with van der Waals surface area (Å²) in [5.41, 5.74) is 11.4. The van der Waals surface area contributed by atoms with Crippen LogP contribution >= 0.6 is 35.3 Å². The van der Waals surface area contributed by atoms with Crippen LogP contribution in [0.2, 0.25) is 0 Å². The van der Waals surface area contributed by atoms with Gasteiger partial charge in [-0.05, 0) is 121 Å². The second-order valence-electron chi connectivity index (χ2n) is 15.7. The van der Waals surface area contributed by atoms with Gasteiger partial charge < -0.3 is 14.7 Å². The van der Waals surface area contributed by atoms with E-state index in [-0.39, 0.29) is 11.8 Å². The maximum absolute atomic E-state index is 14.1. The zero-order valence-corrected chi connectivity index (χ0v) is 35.8. The number of fused-ring (bicyclic) bond motifs is 6. The summed E-state index contributed by atoms with van der Waals surface area (Å²) in [5, 5.41) is 1.60. The minimum Gasteiger partial charge on any atom is -0.308 e. The number of hydrogen-bond donors (Lipinski definition) is 0. The standard InChI is InChI=1S/C54H32N4O2S3/c59-53-38-16-10-12-33-13-11-17-39(52(33)38)54(60)58(53)37-26-29-45-49(32-37)62-48-23-9-6-20-42(48)57(45)36-25-28-44-51(31-36)63-50-30-35(24-27-43(50)55(44)34-14-2-1-3-15-34)56-40-18-4-7-21-46(40)61-47-22-8-5-19-41(47)56/h1-32H. The summed E-state index contributed by atoms with van der Waals surface area (Å²) in [5.74, 6) is -0.624. The lowest BCUT2D eigenvalue weighted by molar-refractivity contribution is 0.0893. The minimum absolute atomic E-state index is 0.312. The van der Waals surface area contributed by atoms with E-state index >= 15 is 0 Å². The first-order valence-electron chi connectivity index (χ1n) is 20.7. The van der Waals surface area contributed by atoms with Crippen molar-refractivity contribution in [1.82, 2.24) is 0 Å². The molecule has 298 valence electrons. The third kappa shape index (κ3) is 5.63. The largest absolute Gasteiger partial charge is 0.308 e. The summed E-state index contributed by atoms with van der Waals surface area (Å²) in [7, 11) is 0. The quantitative estimate of drug-likeness (QED) is 0.162. The predicted octanol–water partition coefficient (Wildman–Crippen LogP) is 15.4. The Labute approximate surface area is 376 Å². The van der Waals surface area contributed by atoms with E-state index in [9.17, 15) is 9.59 Å². The van der Waals surface area contributed by atoms with E-state index in [2.05, 4.69) is 154 Å². The molecule has 0 saturated heterocycles. The first-order valence-corrected chi connectivity index (χ1v) is 23.1. The molecule has 6 nitrogen and oxygen atoms in total. The highest BCUT2D eigenvalue weighted by molar-refractivity contribution is 8.00. The molecule has 0 spiro atoms. The van der Waals surface area contributed by atoms with E-state index in [0.29, 0.717) is 16.8 Å². The van der Waals surface area contributed by atoms with Gasteiger partial charge in [-0.25, -0.2) is 4.90 Å². The number of para-hydroxylation sites is 4. The van der Waals surface area contributed by atoms with Gasteiger partial charge in [0.05, 0.1) is 39.8 Å². The van der Waals surface area contributed by atoms with Crippen LogP contribution in [0.15, 0.2) is 223 Å². The molecule has 0 radical (unpaired) electrons. The number of hydrogen-bond acceptors (Lipinski definition) is 8. The van der Waals surface area contributed by atoms with Crippen molar-refractivity contribution in [1.29, 1.82) is 0 Å². The fraction of sp³-hybridized carbons (Fsp3) is 0. The van der Waals surface area contributed by atoms with Gasteiger partial charge >= 0.3 is 0 Å². The molecule has 0 fully saturated rings. The van der Waals surface area contributed by atoms with Gasteiger partial charge in [-0.1, -0.05) is 114 Å². The van der Waals surface area contributed by atoms with Gasteiger partial charge in [-0.15, -0.1) is 0 Å². The first kappa shape index (κ1) is 36.5. The highest BCUT2D eigenvalue weighted by atomic mass is 32.2. The van der Waals surface area contributed by atoms with Crippen LogP contribution in [0.3, 0.4) is 0 Å². The fourth-order valence-corrected chi connectivity index (χ4v) is 12.6. The van der Waals surface area contributed by atoms with Gasteiger partial charge in [0.25, 0.3) is 11.8 Å². The maximum atomic E-state index is 14.1. The summed E-state index contributed by atoms with van der Waals surface area (Å²) in [6.07, 6.45) is 0. The van der Waals surface area contributed by atoms with Crippen LogP contribution < -0.4 is 19.6 Å². The van der Waals surface area contributed by atoms with E-state index in [1.54, 1.807) is 23.5 Å². The van der Waals surface area contributed by atoms with Crippen molar-refractivity contribution in [3.8, 4) is 0 Å². The van der Waals surface area contributed by atoms with Crippen LogP contribution in [0, 0.1) is 0 Å². The number of benzene rings is 9. The first-order chi connectivity index (χ1) is 31.1. The Bertz CT molecular complexity index is 3330.